The fourth-order valence-corrected chi connectivity index (χ4v) is 1.83. The standard InChI is InChI=1S/C15H11N3O/c19-11-13(10-12-6-2-1-3-7-12)18-16-14-8-4-5-9-15(14)17-18/h1-11H/b13-10-. The van der Waals surface area contributed by atoms with E-state index in [2.05, 4.69) is 10.2 Å². The second kappa shape index (κ2) is 4.86. The summed E-state index contributed by atoms with van der Waals surface area (Å²) in [7, 11) is 0. The zero-order valence-corrected chi connectivity index (χ0v) is 10.1. The highest BCUT2D eigenvalue weighted by molar-refractivity contribution is 6.05. The summed E-state index contributed by atoms with van der Waals surface area (Å²) in [6.07, 6.45) is 2.51. The van der Waals surface area contributed by atoms with Crippen molar-refractivity contribution < 1.29 is 4.79 Å². The molecule has 0 N–H and O–H groups in total. The van der Waals surface area contributed by atoms with E-state index in [1.54, 1.807) is 6.08 Å². The molecular weight excluding hydrogens is 238 g/mol. The molecule has 0 aliphatic carbocycles. The van der Waals surface area contributed by atoms with Gasteiger partial charge >= 0.3 is 0 Å². The number of carbonyl (C=O) groups excluding carboxylic acids is 1. The highest BCUT2D eigenvalue weighted by Crippen LogP contribution is 2.12. The molecule has 0 aliphatic heterocycles. The van der Waals surface area contributed by atoms with Gasteiger partial charge in [-0.2, -0.15) is 0 Å². The van der Waals surface area contributed by atoms with Gasteiger partial charge in [0, 0.05) is 0 Å². The van der Waals surface area contributed by atoms with E-state index in [1.165, 1.54) is 4.80 Å². The molecule has 92 valence electrons. The molecule has 0 bridgehead atoms. The summed E-state index contributed by atoms with van der Waals surface area (Å²) < 4.78 is 0. The Kier molecular flexibility index (Phi) is 2.90. The van der Waals surface area contributed by atoms with E-state index in [-0.39, 0.29) is 0 Å². The molecule has 0 spiro atoms. The number of carbonyl (C=O) groups is 1. The van der Waals surface area contributed by atoms with Crippen LogP contribution in [0.2, 0.25) is 0 Å². The Hall–Kier alpha value is -2.75. The number of benzene rings is 2. The van der Waals surface area contributed by atoms with Crippen molar-refractivity contribution in [2.24, 2.45) is 0 Å². The lowest BCUT2D eigenvalue weighted by molar-refractivity contribution is -0.103. The number of hydrogen-bond acceptors (Lipinski definition) is 3. The normalized spacial score (nSPS) is 11.7. The first-order valence-corrected chi connectivity index (χ1v) is 5.91. The van der Waals surface area contributed by atoms with Crippen LogP contribution in [0.3, 0.4) is 0 Å². The Labute approximate surface area is 110 Å². The molecule has 0 amide bonds. The molecule has 0 atom stereocenters. The number of hydrogen-bond donors (Lipinski definition) is 0. The van der Waals surface area contributed by atoms with Gasteiger partial charge in [0.25, 0.3) is 0 Å². The largest absolute Gasteiger partial charge is 0.296 e. The van der Waals surface area contributed by atoms with Gasteiger partial charge in [-0.25, -0.2) is 0 Å². The maximum atomic E-state index is 11.2. The third-order valence-corrected chi connectivity index (χ3v) is 2.75. The minimum absolute atomic E-state index is 0.405. The average Bonchev–Trinajstić information content (AvgIpc) is 2.89. The molecule has 0 radical (unpaired) electrons. The molecule has 0 unspecified atom stereocenters. The molecule has 0 saturated heterocycles. The van der Waals surface area contributed by atoms with Gasteiger partial charge in [0.2, 0.25) is 0 Å². The Balaban J connectivity index is 2.07. The predicted octanol–water partition coefficient (Wildman–Crippen LogP) is 2.63. The van der Waals surface area contributed by atoms with Crippen molar-refractivity contribution in [3.63, 3.8) is 0 Å². The summed E-state index contributed by atoms with van der Waals surface area (Å²) in [6.45, 7) is 0. The van der Waals surface area contributed by atoms with E-state index in [4.69, 9.17) is 0 Å². The molecule has 4 heteroatoms. The predicted molar refractivity (Wildman–Crippen MR) is 74.2 cm³/mol. The topological polar surface area (TPSA) is 47.8 Å². The fraction of sp³-hybridized carbons (Fsp3) is 0. The highest BCUT2D eigenvalue weighted by atomic mass is 16.1. The van der Waals surface area contributed by atoms with Gasteiger partial charge in [0.15, 0.2) is 6.29 Å². The van der Waals surface area contributed by atoms with Gasteiger partial charge in [0.1, 0.15) is 16.7 Å². The molecule has 0 aliphatic rings. The number of nitrogens with zero attached hydrogens (tertiary/aromatic N) is 3. The van der Waals surface area contributed by atoms with Crippen LogP contribution in [-0.4, -0.2) is 21.3 Å². The Bertz CT molecular complexity index is 711. The Morgan fingerprint density at radius 3 is 2.05 bits per heavy atom. The van der Waals surface area contributed by atoms with E-state index in [1.807, 2.05) is 54.6 Å². The molecule has 19 heavy (non-hydrogen) atoms. The van der Waals surface area contributed by atoms with E-state index >= 15 is 0 Å². The van der Waals surface area contributed by atoms with Gasteiger partial charge in [-0.05, 0) is 23.8 Å². The zero-order valence-electron chi connectivity index (χ0n) is 10.1. The van der Waals surface area contributed by atoms with Crippen LogP contribution in [-0.2, 0) is 4.79 Å². The van der Waals surface area contributed by atoms with Crippen LogP contribution in [0.4, 0.5) is 0 Å². The molecule has 1 aromatic heterocycles. The van der Waals surface area contributed by atoms with Crippen LogP contribution >= 0.6 is 0 Å². The molecule has 0 saturated carbocycles. The number of aldehydes is 1. The monoisotopic (exact) mass is 249 g/mol. The van der Waals surface area contributed by atoms with Crippen LogP contribution < -0.4 is 0 Å². The number of allylic oxidation sites excluding steroid dienone is 1. The van der Waals surface area contributed by atoms with E-state index < -0.39 is 0 Å². The fourth-order valence-electron chi connectivity index (χ4n) is 1.83. The van der Waals surface area contributed by atoms with Crippen molar-refractivity contribution in [1.82, 2.24) is 15.0 Å². The van der Waals surface area contributed by atoms with Gasteiger partial charge in [-0.15, -0.1) is 15.0 Å². The maximum absolute atomic E-state index is 11.2. The number of fused-ring (bicyclic) bond motifs is 1. The van der Waals surface area contributed by atoms with Crippen molar-refractivity contribution in [2.75, 3.05) is 0 Å². The quantitative estimate of drug-likeness (QED) is 0.529. The van der Waals surface area contributed by atoms with Gasteiger partial charge < -0.3 is 0 Å². The van der Waals surface area contributed by atoms with Crippen molar-refractivity contribution in [3.8, 4) is 0 Å². The molecular formula is C15H11N3O. The summed E-state index contributed by atoms with van der Waals surface area (Å²) in [5.41, 5.74) is 2.87. The first kappa shape index (κ1) is 11.3. The smallest absolute Gasteiger partial charge is 0.170 e. The minimum Gasteiger partial charge on any atom is -0.296 e. The summed E-state index contributed by atoms with van der Waals surface area (Å²) in [4.78, 5) is 12.6. The van der Waals surface area contributed by atoms with Gasteiger partial charge in [-0.1, -0.05) is 42.5 Å². The maximum Gasteiger partial charge on any atom is 0.170 e. The molecule has 1 heterocycles. The molecule has 2 aromatic carbocycles. The van der Waals surface area contributed by atoms with E-state index in [9.17, 15) is 4.79 Å². The second-order valence-electron chi connectivity index (χ2n) is 4.08. The zero-order chi connectivity index (χ0) is 13.1. The van der Waals surface area contributed by atoms with Crippen LogP contribution in [0.15, 0.2) is 54.6 Å². The number of aromatic nitrogens is 3. The minimum atomic E-state index is 0.405. The summed E-state index contributed by atoms with van der Waals surface area (Å²) >= 11 is 0. The summed E-state index contributed by atoms with van der Waals surface area (Å²) in [5, 5.41) is 8.57. The van der Waals surface area contributed by atoms with E-state index in [0.717, 1.165) is 22.9 Å². The average molecular weight is 249 g/mol. The van der Waals surface area contributed by atoms with Crippen molar-refractivity contribution in [2.45, 2.75) is 0 Å². The lowest BCUT2D eigenvalue weighted by Gasteiger charge is -1.97. The van der Waals surface area contributed by atoms with Crippen molar-refractivity contribution in [3.05, 3.63) is 60.2 Å². The summed E-state index contributed by atoms with van der Waals surface area (Å²) in [5.74, 6) is 0. The third-order valence-electron chi connectivity index (χ3n) is 2.75. The van der Waals surface area contributed by atoms with Gasteiger partial charge in [-0.3, -0.25) is 4.79 Å². The molecule has 4 nitrogen and oxygen atoms in total. The van der Waals surface area contributed by atoms with Crippen molar-refractivity contribution >= 4 is 29.1 Å². The first-order valence-electron chi connectivity index (χ1n) is 5.91. The second-order valence-corrected chi connectivity index (χ2v) is 4.08. The summed E-state index contributed by atoms with van der Waals surface area (Å²) in [6, 6.07) is 17.1. The molecule has 3 rings (SSSR count). The lowest BCUT2D eigenvalue weighted by atomic mass is 10.2. The first-order chi connectivity index (χ1) is 9.36. The van der Waals surface area contributed by atoms with Gasteiger partial charge in [0.05, 0.1) is 0 Å². The van der Waals surface area contributed by atoms with Crippen LogP contribution in [0, 0.1) is 0 Å². The van der Waals surface area contributed by atoms with Crippen molar-refractivity contribution in [1.29, 1.82) is 0 Å². The Morgan fingerprint density at radius 1 is 0.895 bits per heavy atom. The Morgan fingerprint density at radius 2 is 1.47 bits per heavy atom. The third kappa shape index (κ3) is 2.28. The highest BCUT2D eigenvalue weighted by Gasteiger charge is 2.05. The van der Waals surface area contributed by atoms with E-state index in [0.29, 0.717) is 5.70 Å². The molecule has 0 fully saturated rings. The van der Waals surface area contributed by atoms with Crippen LogP contribution in [0.25, 0.3) is 22.8 Å². The lowest BCUT2D eigenvalue weighted by Crippen LogP contribution is -2.02. The van der Waals surface area contributed by atoms with Crippen LogP contribution in [0.1, 0.15) is 5.56 Å². The van der Waals surface area contributed by atoms with Crippen LogP contribution in [0.5, 0.6) is 0 Å². The molecule has 3 aromatic rings. The SMILES string of the molecule is O=C/C(=C/c1ccccc1)n1nc2ccccc2n1. The number of rotatable bonds is 3.